The van der Waals surface area contributed by atoms with Crippen LogP contribution in [0.5, 0.6) is 0 Å². The summed E-state index contributed by atoms with van der Waals surface area (Å²) in [7, 11) is -3.56. The molecule has 0 unspecified atom stereocenters. The van der Waals surface area contributed by atoms with Crippen LogP contribution in [0.3, 0.4) is 0 Å². The number of piperidine rings is 1. The van der Waals surface area contributed by atoms with Gasteiger partial charge < -0.3 is 15.0 Å². The molecule has 0 radical (unpaired) electrons. The summed E-state index contributed by atoms with van der Waals surface area (Å²) < 4.78 is 33.0. The summed E-state index contributed by atoms with van der Waals surface area (Å²) in [5, 5.41) is 2.88. The van der Waals surface area contributed by atoms with Crippen LogP contribution in [0.15, 0.2) is 53.4 Å². The number of carbonyl (C=O) groups excluding carboxylic acids is 1. The molecule has 172 valence electrons. The lowest BCUT2D eigenvalue weighted by molar-refractivity contribution is 0.102. The molecule has 8 heteroatoms. The quantitative estimate of drug-likeness (QED) is 0.744. The molecule has 32 heavy (non-hydrogen) atoms. The second-order valence-corrected chi connectivity index (χ2v) is 10.8. The van der Waals surface area contributed by atoms with Crippen molar-refractivity contribution in [1.29, 1.82) is 0 Å². The van der Waals surface area contributed by atoms with E-state index in [1.54, 1.807) is 16.4 Å². The number of hydrogen-bond donors (Lipinski definition) is 1. The van der Waals surface area contributed by atoms with E-state index in [1.165, 1.54) is 12.1 Å². The van der Waals surface area contributed by atoms with E-state index in [2.05, 4.69) is 24.1 Å². The Balaban J connectivity index is 1.40. The van der Waals surface area contributed by atoms with Crippen LogP contribution in [0, 0.1) is 11.8 Å². The Morgan fingerprint density at radius 3 is 2.12 bits per heavy atom. The second kappa shape index (κ2) is 9.60. The molecular formula is C24H31N3O4S. The molecule has 1 N–H and O–H groups in total. The lowest BCUT2D eigenvalue weighted by Gasteiger charge is -2.34. The van der Waals surface area contributed by atoms with Crippen molar-refractivity contribution in [3.63, 3.8) is 0 Å². The molecule has 2 aromatic rings. The van der Waals surface area contributed by atoms with Gasteiger partial charge in [0.05, 0.1) is 18.1 Å². The van der Waals surface area contributed by atoms with Crippen LogP contribution in [-0.2, 0) is 14.8 Å². The van der Waals surface area contributed by atoms with Gasteiger partial charge in [0.25, 0.3) is 5.91 Å². The lowest BCUT2D eigenvalue weighted by Crippen LogP contribution is -2.42. The molecule has 2 fully saturated rings. The van der Waals surface area contributed by atoms with Crippen LogP contribution in [0.4, 0.5) is 11.4 Å². The highest BCUT2D eigenvalue weighted by molar-refractivity contribution is 7.89. The van der Waals surface area contributed by atoms with E-state index in [0.717, 1.165) is 38.4 Å². The van der Waals surface area contributed by atoms with Gasteiger partial charge in [-0.25, -0.2) is 8.42 Å². The number of ether oxygens (including phenoxy) is 1. The van der Waals surface area contributed by atoms with E-state index < -0.39 is 10.0 Å². The number of anilines is 2. The molecule has 1 amide bonds. The summed E-state index contributed by atoms with van der Waals surface area (Å²) in [4.78, 5) is 15.1. The Morgan fingerprint density at radius 2 is 1.53 bits per heavy atom. The van der Waals surface area contributed by atoms with Crippen molar-refractivity contribution in [2.45, 2.75) is 25.2 Å². The number of sulfonamides is 1. The van der Waals surface area contributed by atoms with E-state index in [1.807, 2.05) is 24.3 Å². The minimum atomic E-state index is -3.56. The van der Waals surface area contributed by atoms with Gasteiger partial charge in [-0.05, 0) is 66.8 Å². The second-order valence-electron chi connectivity index (χ2n) is 8.89. The number of hydrogen-bond acceptors (Lipinski definition) is 5. The van der Waals surface area contributed by atoms with Gasteiger partial charge in [-0.1, -0.05) is 13.8 Å². The van der Waals surface area contributed by atoms with Crippen molar-refractivity contribution in [3.8, 4) is 0 Å². The van der Waals surface area contributed by atoms with Crippen molar-refractivity contribution >= 4 is 27.3 Å². The number of carbonyl (C=O) groups is 1. The van der Waals surface area contributed by atoms with Crippen LogP contribution >= 0.6 is 0 Å². The number of amides is 1. The van der Waals surface area contributed by atoms with Gasteiger partial charge in [-0.3, -0.25) is 4.79 Å². The van der Waals surface area contributed by atoms with Crippen molar-refractivity contribution in [2.75, 3.05) is 49.6 Å². The number of morpholine rings is 1. The fraction of sp³-hybridized carbons (Fsp3) is 0.458. The minimum Gasteiger partial charge on any atom is -0.378 e. The predicted octanol–water partition coefficient (Wildman–Crippen LogP) is 3.44. The van der Waals surface area contributed by atoms with Gasteiger partial charge in [0.1, 0.15) is 0 Å². The maximum Gasteiger partial charge on any atom is 0.255 e. The molecule has 2 atom stereocenters. The molecule has 2 saturated heterocycles. The number of nitrogens with zero attached hydrogens (tertiary/aromatic N) is 2. The van der Waals surface area contributed by atoms with Crippen LogP contribution in [0.25, 0.3) is 0 Å². The molecule has 2 heterocycles. The van der Waals surface area contributed by atoms with Gasteiger partial charge in [-0.2, -0.15) is 4.31 Å². The topological polar surface area (TPSA) is 79.0 Å². The van der Waals surface area contributed by atoms with Gasteiger partial charge in [0.2, 0.25) is 10.0 Å². The smallest absolute Gasteiger partial charge is 0.255 e. The van der Waals surface area contributed by atoms with Crippen LogP contribution in [0.2, 0.25) is 0 Å². The Hall–Kier alpha value is -2.42. The summed E-state index contributed by atoms with van der Waals surface area (Å²) in [6.45, 7) is 8.40. The summed E-state index contributed by atoms with van der Waals surface area (Å²) in [6, 6.07) is 13.9. The van der Waals surface area contributed by atoms with Crippen LogP contribution in [-0.4, -0.2) is 58.0 Å². The molecule has 2 aliphatic rings. The molecule has 7 nitrogen and oxygen atoms in total. The van der Waals surface area contributed by atoms with Gasteiger partial charge in [0, 0.05) is 43.1 Å². The zero-order valence-corrected chi connectivity index (χ0v) is 19.5. The van der Waals surface area contributed by atoms with Crippen molar-refractivity contribution < 1.29 is 17.9 Å². The zero-order valence-electron chi connectivity index (χ0n) is 18.7. The first kappa shape index (κ1) is 22.8. The Labute approximate surface area is 190 Å². The Bertz CT molecular complexity index is 1020. The SMILES string of the molecule is C[C@@H]1C[C@@H](C)CN(S(=O)(=O)c2ccc(C(=O)Nc3ccc(N4CCOCC4)cc3)cc2)C1. The molecular weight excluding hydrogens is 426 g/mol. The fourth-order valence-corrected chi connectivity index (χ4v) is 6.19. The van der Waals surface area contributed by atoms with Gasteiger partial charge in [-0.15, -0.1) is 0 Å². The van der Waals surface area contributed by atoms with E-state index in [4.69, 9.17) is 4.74 Å². The molecule has 2 aromatic carbocycles. The summed E-state index contributed by atoms with van der Waals surface area (Å²) in [6.07, 6.45) is 1.04. The van der Waals surface area contributed by atoms with E-state index >= 15 is 0 Å². The third kappa shape index (κ3) is 5.14. The first-order chi connectivity index (χ1) is 15.3. The third-order valence-corrected chi connectivity index (χ3v) is 7.94. The summed E-state index contributed by atoms with van der Waals surface area (Å²) in [5.41, 5.74) is 2.21. The maximum atomic E-state index is 13.0. The average Bonchev–Trinajstić information content (AvgIpc) is 2.79. The van der Waals surface area contributed by atoms with Gasteiger partial charge in [0.15, 0.2) is 0 Å². The van der Waals surface area contributed by atoms with Gasteiger partial charge >= 0.3 is 0 Å². The fourth-order valence-electron chi connectivity index (χ4n) is 4.51. The molecule has 4 rings (SSSR count). The number of rotatable bonds is 5. The molecule has 0 aromatic heterocycles. The Morgan fingerprint density at radius 1 is 0.938 bits per heavy atom. The number of nitrogens with one attached hydrogen (secondary N) is 1. The van der Waals surface area contributed by atoms with Crippen molar-refractivity contribution in [1.82, 2.24) is 4.31 Å². The largest absolute Gasteiger partial charge is 0.378 e. The highest BCUT2D eigenvalue weighted by Gasteiger charge is 2.31. The minimum absolute atomic E-state index is 0.227. The molecule has 2 aliphatic heterocycles. The van der Waals surface area contributed by atoms with Crippen molar-refractivity contribution in [3.05, 3.63) is 54.1 Å². The standard InChI is InChI=1S/C24H31N3O4S/c1-18-15-19(2)17-27(16-18)32(29,30)23-9-3-20(4-10-23)24(28)25-21-5-7-22(8-6-21)26-11-13-31-14-12-26/h3-10,18-19H,11-17H2,1-2H3,(H,25,28)/t18-,19-/m1/s1. The first-order valence-corrected chi connectivity index (χ1v) is 12.6. The molecule has 0 saturated carbocycles. The highest BCUT2D eigenvalue weighted by Crippen LogP contribution is 2.27. The molecule has 0 aliphatic carbocycles. The maximum absolute atomic E-state index is 13.0. The predicted molar refractivity (Wildman–Crippen MR) is 126 cm³/mol. The Kier molecular flexibility index (Phi) is 6.83. The normalized spacial score (nSPS) is 22.5. The van der Waals surface area contributed by atoms with E-state index in [9.17, 15) is 13.2 Å². The lowest BCUT2D eigenvalue weighted by atomic mass is 9.94. The third-order valence-electron chi connectivity index (χ3n) is 6.09. The van der Waals surface area contributed by atoms with Crippen LogP contribution in [0.1, 0.15) is 30.6 Å². The zero-order chi connectivity index (χ0) is 22.7. The van der Waals surface area contributed by atoms with Crippen LogP contribution < -0.4 is 10.2 Å². The molecule has 0 spiro atoms. The monoisotopic (exact) mass is 457 g/mol. The average molecular weight is 458 g/mol. The summed E-state index contributed by atoms with van der Waals surface area (Å²) >= 11 is 0. The van der Waals surface area contributed by atoms with E-state index in [0.29, 0.717) is 36.2 Å². The molecule has 0 bridgehead atoms. The number of benzene rings is 2. The van der Waals surface area contributed by atoms with Crippen molar-refractivity contribution in [2.24, 2.45) is 11.8 Å². The summed E-state index contributed by atoms with van der Waals surface area (Å²) in [5.74, 6) is 0.412. The van der Waals surface area contributed by atoms with E-state index in [-0.39, 0.29) is 10.8 Å². The first-order valence-electron chi connectivity index (χ1n) is 11.2. The highest BCUT2D eigenvalue weighted by atomic mass is 32.2.